The van der Waals surface area contributed by atoms with E-state index in [2.05, 4.69) is 16.9 Å². The maximum atomic E-state index is 4.28. The molecule has 13 heavy (non-hydrogen) atoms. The van der Waals surface area contributed by atoms with Crippen molar-refractivity contribution in [2.75, 3.05) is 0 Å². The van der Waals surface area contributed by atoms with Crippen molar-refractivity contribution in [2.45, 2.75) is 27.2 Å². The number of imidazole rings is 1. The van der Waals surface area contributed by atoms with E-state index in [1.165, 1.54) is 0 Å². The first-order valence-corrected chi connectivity index (χ1v) is 4.69. The Balaban J connectivity index is 0.000000396. The van der Waals surface area contributed by atoms with Crippen LogP contribution in [-0.2, 0) is 6.42 Å². The molecule has 0 aliphatic heterocycles. The predicted molar refractivity (Wildman–Crippen MR) is 53.7 cm³/mol. The number of hydrogen-bond acceptors (Lipinski definition) is 2. The van der Waals surface area contributed by atoms with E-state index in [0.717, 1.165) is 17.9 Å². The van der Waals surface area contributed by atoms with Crippen LogP contribution in [0.15, 0.2) is 24.7 Å². The number of hydrogen-bond donors (Lipinski definition) is 0. The van der Waals surface area contributed by atoms with Crippen LogP contribution in [0.4, 0.5) is 0 Å². The van der Waals surface area contributed by atoms with Gasteiger partial charge in [-0.1, -0.05) is 20.8 Å². The quantitative estimate of drug-likeness (QED) is 0.669. The Bertz CT molecular complexity index is 332. The fourth-order valence-corrected chi connectivity index (χ4v) is 1.05. The third-order valence-corrected chi connectivity index (χ3v) is 1.65. The zero-order valence-electron chi connectivity index (χ0n) is 8.36. The second-order valence-electron chi connectivity index (χ2n) is 2.41. The molecule has 70 valence electrons. The van der Waals surface area contributed by atoms with Crippen molar-refractivity contribution in [3.63, 3.8) is 0 Å². The van der Waals surface area contributed by atoms with Crippen LogP contribution >= 0.6 is 0 Å². The Kier molecular flexibility index (Phi) is 3.43. The number of fused-ring (bicyclic) bond motifs is 1. The third-order valence-electron chi connectivity index (χ3n) is 1.65. The van der Waals surface area contributed by atoms with E-state index in [0.29, 0.717) is 0 Å². The fourth-order valence-electron chi connectivity index (χ4n) is 1.05. The summed E-state index contributed by atoms with van der Waals surface area (Å²) in [6.45, 7) is 6.09. The lowest BCUT2D eigenvalue weighted by Crippen LogP contribution is -1.83. The van der Waals surface area contributed by atoms with Gasteiger partial charge in [0.25, 0.3) is 0 Å². The lowest BCUT2D eigenvalue weighted by Gasteiger charge is -1.85. The van der Waals surface area contributed by atoms with Gasteiger partial charge in [-0.15, -0.1) is 0 Å². The molecule has 3 heteroatoms. The zero-order valence-corrected chi connectivity index (χ0v) is 8.36. The van der Waals surface area contributed by atoms with Gasteiger partial charge in [-0.3, -0.25) is 4.40 Å². The van der Waals surface area contributed by atoms with Gasteiger partial charge >= 0.3 is 0 Å². The van der Waals surface area contributed by atoms with Crippen LogP contribution in [0.2, 0.25) is 0 Å². The van der Waals surface area contributed by atoms with Gasteiger partial charge < -0.3 is 0 Å². The van der Waals surface area contributed by atoms with E-state index < -0.39 is 0 Å². The van der Waals surface area contributed by atoms with E-state index in [1.807, 2.05) is 36.7 Å². The van der Waals surface area contributed by atoms with Crippen molar-refractivity contribution in [3.8, 4) is 0 Å². The van der Waals surface area contributed by atoms with Crippen LogP contribution < -0.4 is 0 Å². The van der Waals surface area contributed by atoms with Crippen LogP contribution in [0, 0.1) is 0 Å². The van der Waals surface area contributed by atoms with Crippen LogP contribution in [0.25, 0.3) is 5.78 Å². The number of nitrogens with zero attached hydrogens (tertiary/aromatic N) is 3. The first-order chi connectivity index (χ1) is 6.40. The molecular weight excluding hydrogens is 162 g/mol. The van der Waals surface area contributed by atoms with Crippen molar-refractivity contribution in [1.82, 2.24) is 14.4 Å². The van der Waals surface area contributed by atoms with Gasteiger partial charge in [0.05, 0.1) is 5.69 Å². The molecule has 0 unspecified atom stereocenters. The molecular formula is C10H15N3. The molecule has 0 N–H and O–H groups in total. The maximum Gasteiger partial charge on any atom is 0.233 e. The van der Waals surface area contributed by atoms with Gasteiger partial charge in [-0.05, 0) is 12.5 Å². The van der Waals surface area contributed by atoms with E-state index in [9.17, 15) is 0 Å². The number of rotatable bonds is 1. The molecule has 0 aliphatic carbocycles. The highest BCUT2D eigenvalue weighted by Crippen LogP contribution is 2.01. The second kappa shape index (κ2) is 4.60. The molecule has 0 amide bonds. The van der Waals surface area contributed by atoms with E-state index in [-0.39, 0.29) is 0 Å². The van der Waals surface area contributed by atoms with Crippen LogP contribution in [0.1, 0.15) is 26.5 Å². The molecule has 0 radical (unpaired) electrons. The summed E-state index contributed by atoms with van der Waals surface area (Å²) in [6.07, 6.45) is 6.67. The molecule has 0 saturated heterocycles. The fraction of sp³-hybridized carbons (Fsp3) is 0.400. The van der Waals surface area contributed by atoms with Gasteiger partial charge in [0.1, 0.15) is 0 Å². The molecule has 0 aliphatic rings. The van der Waals surface area contributed by atoms with Gasteiger partial charge in [0.15, 0.2) is 0 Å². The summed E-state index contributed by atoms with van der Waals surface area (Å²) in [4.78, 5) is 8.38. The van der Waals surface area contributed by atoms with Gasteiger partial charge in [-0.2, -0.15) is 0 Å². The normalized spacial score (nSPS) is 9.46. The lowest BCUT2D eigenvalue weighted by molar-refractivity contribution is 1.07. The Morgan fingerprint density at radius 2 is 2.15 bits per heavy atom. The standard InChI is InChI=1S/C8H9N3.C2H6/c1-2-7-6-11-5-3-4-9-8(11)10-7;1-2/h3-6H,2H2,1H3;1-2H3. The van der Waals surface area contributed by atoms with Crippen LogP contribution in [-0.4, -0.2) is 14.4 Å². The molecule has 0 aromatic carbocycles. The average molecular weight is 177 g/mol. The van der Waals surface area contributed by atoms with Gasteiger partial charge in [-0.25, -0.2) is 9.97 Å². The second-order valence-corrected chi connectivity index (χ2v) is 2.41. The topological polar surface area (TPSA) is 30.2 Å². The molecule has 0 bridgehead atoms. The highest BCUT2D eigenvalue weighted by atomic mass is 15.1. The zero-order chi connectivity index (χ0) is 9.68. The minimum absolute atomic E-state index is 0.782. The van der Waals surface area contributed by atoms with E-state index in [1.54, 1.807) is 6.20 Å². The summed E-state index contributed by atoms with van der Waals surface area (Å²) < 4.78 is 1.93. The van der Waals surface area contributed by atoms with Gasteiger partial charge in [0, 0.05) is 18.6 Å². The maximum absolute atomic E-state index is 4.28. The highest BCUT2D eigenvalue weighted by Gasteiger charge is 1.97. The summed E-state index contributed by atoms with van der Waals surface area (Å²) >= 11 is 0. The first-order valence-electron chi connectivity index (χ1n) is 4.69. The largest absolute Gasteiger partial charge is 0.291 e. The van der Waals surface area contributed by atoms with Crippen LogP contribution in [0.3, 0.4) is 0 Å². The van der Waals surface area contributed by atoms with E-state index in [4.69, 9.17) is 0 Å². The predicted octanol–water partition coefficient (Wildman–Crippen LogP) is 2.32. The average Bonchev–Trinajstić information content (AvgIpc) is 2.63. The smallest absolute Gasteiger partial charge is 0.233 e. The minimum atomic E-state index is 0.782. The van der Waals surface area contributed by atoms with Crippen molar-refractivity contribution in [2.24, 2.45) is 0 Å². The van der Waals surface area contributed by atoms with Crippen molar-refractivity contribution >= 4 is 5.78 Å². The molecule has 2 aromatic heterocycles. The molecule has 3 nitrogen and oxygen atoms in total. The first kappa shape index (κ1) is 9.71. The molecule has 0 atom stereocenters. The molecule has 0 fully saturated rings. The summed E-state index contributed by atoms with van der Waals surface area (Å²) in [7, 11) is 0. The van der Waals surface area contributed by atoms with Gasteiger partial charge in [0.2, 0.25) is 5.78 Å². The highest BCUT2D eigenvalue weighted by molar-refractivity contribution is 5.29. The summed E-state index contributed by atoms with van der Waals surface area (Å²) in [5.41, 5.74) is 1.09. The summed E-state index contributed by atoms with van der Waals surface area (Å²) in [5, 5.41) is 0. The number of aromatic nitrogens is 3. The Hall–Kier alpha value is -1.38. The molecule has 2 heterocycles. The SMILES string of the molecule is CC.CCc1cn2cccnc2n1. The number of aryl methyl sites for hydroxylation is 1. The molecule has 2 aromatic rings. The Morgan fingerprint density at radius 3 is 2.77 bits per heavy atom. The summed E-state index contributed by atoms with van der Waals surface area (Å²) in [5.74, 6) is 0.782. The summed E-state index contributed by atoms with van der Waals surface area (Å²) in [6, 6.07) is 1.90. The minimum Gasteiger partial charge on any atom is -0.291 e. The van der Waals surface area contributed by atoms with E-state index >= 15 is 0 Å². The molecule has 0 spiro atoms. The van der Waals surface area contributed by atoms with Crippen molar-refractivity contribution < 1.29 is 0 Å². The van der Waals surface area contributed by atoms with Crippen LogP contribution in [0.5, 0.6) is 0 Å². The monoisotopic (exact) mass is 177 g/mol. The molecule has 2 rings (SSSR count). The van der Waals surface area contributed by atoms with Crippen molar-refractivity contribution in [1.29, 1.82) is 0 Å². The third kappa shape index (κ3) is 2.05. The lowest BCUT2D eigenvalue weighted by atomic mass is 10.4. The Morgan fingerprint density at radius 1 is 1.38 bits per heavy atom. The van der Waals surface area contributed by atoms with Crippen molar-refractivity contribution in [3.05, 3.63) is 30.4 Å². The molecule has 0 saturated carbocycles. The Labute approximate surface area is 78.5 Å².